The molecule has 3 rings (SSSR count). The van der Waals surface area contributed by atoms with Gasteiger partial charge in [0.15, 0.2) is 11.0 Å². The molecule has 2 N–H and O–H groups in total. The minimum absolute atomic E-state index is 0.0160. The van der Waals surface area contributed by atoms with Crippen molar-refractivity contribution in [3.05, 3.63) is 53.9 Å². The maximum atomic E-state index is 12.5. The standard InChI is InChI=1S/C22H29N5O2S/c1-4-13-27-20(16(3)23-21(29)17-11-9-15(2)10-12-17)25-26-22(27)30-14-19(28)24-18-7-5-6-8-18/h4,9-12,16,18H,1,5-8,13-14H2,2-3H3,(H,23,29)(H,24,28)/t16-/m0/s1. The van der Waals surface area contributed by atoms with Gasteiger partial charge in [-0.1, -0.05) is 48.4 Å². The van der Waals surface area contributed by atoms with E-state index in [2.05, 4.69) is 27.4 Å². The zero-order chi connectivity index (χ0) is 21.5. The molecule has 2 amide bonds. The normalized spacial score (nSPS) is 15.0. The highest BCUT2D eigenvalue weighted by Gasteiger charge is 2.21. The van der Waals surface area contributed by atoms with Crippen LogP contribution in [-0.2, 0) is 11.3 Å². The topological polar surface area (TPSA) is 88.9 Å². The van der Waals surface area contributed by atoms with E-state index >= 15 is 0 Å². The molecule has 1 aromatic carbocycles. The van der Waals surface area contributed by atoms with E-state index in [-0.39, 0.29) is 23.6 Å². The van der Waals surface area contributed by atoms with E-state index in [1.165, 1.54) is 24.6 Å². The number of hydrogen-bond acceptors (Lipinski definition) is 5. The van der Waals surface area contributed by atoms with Crippen LogP contribution in [0.2, 0.25) is 0 Å². The molecule has 1 aliphatic carbocycles. The Bertz CT molecular complexity index is 887. The Morgan fingerprint density at radius 3 is 2.63 bits per heavy atom. The molecule has 160 valence electrons. The van der Waals surface area contributed by atoms with Gasteiger partial charge < -0.3 is 15.2 Å². The first-order chi connectivity index (χ1) is 14.5. The van der Waals surface area contributed by atoms with E-state index in [0.29, 0.717) is 29.1 Å². The van der Waals surface area contributed by atoms with Crippen molar-refractivity contribution in [3.63, 3.8) is 0 Å². The second-order valence-electron chi connectivity index (χ2n) is 7.64. The highest BCUT2D eigenvalue weighted by Crippen LogP contribution is 2.22. The Morgan fingerprint density at radius 1 is 1.27 bits per heavy atom. The van der Waals surface area contributed by atoms with Crippen LogP contribution in [0.5, 0.6) is 0 Å². The van der Waals surface area contributed by atoms with E-state index in [1.807, 2.05) is 30.5 Å². The SMILES string of the molecule is C=CCn1c(SCC(=O)NC2CCCC2)nnc1[C@H](C)NC(=O)c1ccc(C)cc1. The lowest BCUT2D eigenvalue weighted by Gasteiger charge is -2.15. The van der Waals surface area contributed by atoms with Gasteiger partial charge in [-0.3, -0.25) is 9.59 Å². The van der Waals surface area contributed by atoms with Crippen molar-refractivity contribution in [1.29, 1.82) is 0 Å². The first-order valence-corrected chi connectivity index (χ1v) is 11.3. The van der Waals surface area contributed by atoms with Crippen LogP contribution in [0, 0.1) is 6.92 Å². The van der Waals surface area contributed by atoms with Crippen molar-refractivity contribution in [3.8, 4) is 0 Å². The largest absolute Gasteiger partial charge is 0.353 e. The number of thioether (sulfide) groups is 1. The molecule has 2 aromatic rings. The van der Waals surface area contributed by atoms with Crippen molar-refractivity contribution >= 4 is 23.6 Å². The molecule has 0 spiro atoms. The first-order valence-electron chi connectivity index (χ1n) is 10.3. The summed E-state index contributed by atoms with van der Waals surface area (Å²) < 4.78 is 1.89. The third-order valence-corrected chi connectivity index (χ3v) is 6.13. The van der Waals surface area contributed by atoms with Gasteiger partial charge in [-0.15, -0.1) is 16.8 Å². The Hall–Kier alpha value is -2.61. The van der Waals surface area contributed by atoms with Crippen molar-refractivity contribution in [1.82, 2.24) is 25.4 Å². The van der Waals surface area contributed by atoms with Crippen LogP contribution in [0.3, 0.4) is 0 Å². The summed E-state index contributed by atoms with van der Waals surface area (Å²) in [6.07, 6.45) is 6.24. The van der Waals surface area contributed by atoms with Gasteiger partial charge in [0, 0.05) is 18.2 Å². The highest BCUT2D eigenvalue weighted by atomic mass is 32.2. The Morgan fingerprint density at radius 2 is 1.97 bits per heavy atom. The minimum atomic E-state index is -0.340. The Kier molecular flexibility index (Phi) is 7.68. The Labute approximate surface area is 181 Å². The number of rotatable bonds is 9. The smallest absolute Gasteiger partial charge is 0.251 e. The molecule has 1 heterocycles. The molecule has 1 saturated carbocycles. The number of nitrogens with one attached hydrogen (secondary N) is 2. The number of benzene rings is 1. The maximum Gasteiger partial charge on any atom is 0.251 e. The van der Waals surface area contributed by atoms with Gasteiger partial charge in [-0.25, -0.2) is 0 Å². The third kappa shape index (κ3) is 5.72. The van der Waals surface area contributed by atoms with Crippen LogP contribution in [0.25, 0.3) is 0 Å². The quantitative estimate of drug-likeness (QED) is 0.473. The number of carbonyl (C=O) groups is 2. The predicted octanol–water partition coefficient (Wildman–Crippen LogP) is 3.41. The summed E-state index contributed by atoms with van der Waals surface area (Å²) in [7, 11) is 0. The van der Waals surface area contributed by atoms with Crippen molar-refractivity contribution < 1.29 is 9.59 Å². The fraction of sp³-hybridized carbons (Fsp3) is 0.455. The van der Waals surface area contributed by atoms with E-state index in [0.717, 1.165) is 18.4 Å². The van der Waals surface area contributed by atoms with Crippen LogP contribution in [0.4, 0.5) is 0 Å². The van der Waals surface area contributed by atoms with Gasteiger partial charge in [0.05, 0.1) is 11.8 Å². The molecule has 0 radical (unpaired) electrons. The molecule has 0 aliphatic heterocycles. The van der Waals surface area contributed by atoms with Gasteiger partial charge in [0.25, 0.3) is 5.91 Å². The van der Waals surface area contributed by atoms with Gasteiger partial charge in [0.2, 0.25) is 5.91 Å². The van der Waals surface area contributed by atoms with Gasteiger partial charge in [-0.05, 0) is 38.8 Å². The predicted molar refractivity (Wildman–Crippen MR) is 118 cm³/mol. The molecule has 0 saturated heterocycles. The van der Waals surface area contributed by atoms with E-state index in [9.17, 15) is 9.59 Å². The summed E-state index contributed by atoms with van der Waals surface area (Å²) in [6.45, 7) is 8.16. The average molecular weight is 428 g/mol. The summed E-state index contributed by atoms with van der Waals surface area (Å²) in [6, 6.07) is 7.38. The summed E-state index contributed by atoms with van der Waals surface area (Å²) in [5.41, 5.74) is 1.70. The van der Waals surface area contributed by atoms with Crippen LogP contribution >= 0.6 is 11.8 Å². The summed E-state index contributed by atoms with van der Waals surface area (Å²) in [5.74, 6) is 0.771. The number of aryl methyl sites for hydroxylation is 1. The zero-order valence-corrected chi connectivity index (χ0v) is 18.4. The third-order valence-electron chi connectivity index (χ3n) is 5.16. The second kappa shape index (κ2) is 10.4. The van der Waals surface area contributed by atoms with E-state index in [4.69, 9.17) is 0 Å². The van der Waals surface area contributed by atoms with Gasteiger partial charge in [-0.2, -0.15) is 0 Å². The van der Waals surface area contributed by atoms with Gasteiger partial charge >= 0.3 is 0 Å². The van der Waals surface area contributed by atoms with E-state index < -0.39 is 0 Å². The highest BCUT2D eigenvalue weighted by molar-refractivity contribution is 7.99. The number of amides is 2. The number of nitrogens with zero attached hydrogens (tertiary/aromatic N) is 3. The molecule has 1 atom stereocenters. The summed E-state index contributed by atoms with van der Waals surface area (Å²) in [5, 5.41) is 15.2. The molecular formula is C22H29N5O2S. The molecule has 7 nitrogen and oxygen atoms in total. The minimum Gasteiger partial charge on any atom is -0.353 e. The lowest BCUT2D eigenvalue weighted by Crippen LogP contribution is -2.33. The number of carbonyl (C=O) groups excluding carboxylic acids is 2. The van der Waals surface area contributed by atoms with Crippen LogP contribution in [0.15, 0.2) is 42.1 Å². The lowest BCUT2D eigenvalue weighted by molar-refractivity contribution is -0.119. The molecule has 8 heteroatoms. The zero-order valence-electron chi connectivity index (χ0n) is 17.6. The number of allylic oxidation sites excluding steroid dienone is 1. The molecule has 0 bridgehead atoms. The summed E-state index contributed by atoms with van der Waals surface area (Å²) in [4.78, 5) is 24.8. The fourth-order valence-electron chi connectivity index (χ4n) is 3.55. The molecule has 1 aromatic heterocycles. The van der Waals surface area contributed by atoms with Crippen LogP contribution < -0.4 is 10.6 Å². The monoisotopic (exact) mass is 427 g/mol. The molecule has 0 unspecified atom stereocenters. The first kappa shape index (κ1) is 22.1. The second-order valence-corrected chi connectivity index (χ2v) is 8.58. The number of aromatic nitrogens is 3. The molecular weight excluding hydrogens is 398 g/mol. The van der Waals surface area contributed by atoms with Crippen molar-refractivity contribution in [2.75, 3.05) is 5.75 Å². The number of hydrogen-bond donors (Lipinski definition) is 2. The average Bonchev–Trinajstić information content (AvgIpc) is 3.37. The lowest BCUT2D eigenvalue weighted by atomic mass is 10.1. The molecule has 1 fully saturated rings. The molecule has 30 heavy (non-hydrogen) atoms. The Balaban J connectivity index is 1.63. The summed E-state index contributed by atoms with van der Waals surface area (Å²) >= 11 is 1.35. The molecule has 1 aliphatic rings. The van der Waals surface area contributed by atoms with Crippen LogP contribution in [0.1, 0.15) is 60.4 Å². The van der Waals surface area contributed by atoms with Gasteiger partial charge in [0.1, 0.15) is 0 Å². The van der Waals surface area contributed by atoms with Crippen molar-refractivity contribution in [2.45, 2.75) is 63.3 Å². The van der Waals surface area contributed by atoms with E-state index in [1.54, 1.807) is 18.2 Å². The maximum absolute atomic E-state index is 12.5. The fourth-order valence-corrected chi connectivity index (χ4v) is 4.31. The van der Waals surface area contributed by atoms with Crippen LogP contribution in [-0.4, -0.2) is 38.4 Å². The van der Waals surface area contributed by atoms with Crippen molar-refractivity contribution in [2.24, 2.45) is 0 Å².